The van der Waals surface area contributed by atoms with Gasteiger partial charge < -0.3 is 25.0 Å². The average molecular weight is 381 g/mol. The maximum Gasteiger partial charge on any atom is 0.407 e. The van der Waals surface area contributed by atoms with Gasteiger partial charge >= 0.3 is 29.6 Å². The summed E-state index contributed by atoms with van der Waals surface area (Å²) in [5.41, 5.74) is -3.44. The molecule has 0 radical (unpaired) electrons. The maximum absolute atomic E-state index is 12.1. The number of ether oxygens (including phenoxy) is 2. The Balaban J connectivity index is 2.77. The minimum Gasteiger partial charge on any atom is -0.478 e. The molecule has 9 nitrogen and oxygen atoms in total. The van der Waals surface area contributed by atoms with Gasteiger partial charge in [-0.2, -0.15) is 0 Å². The molecule has 1 aromatic carbocycles. The quantitative estimate of drug-likeness (QED) is 0.353. The second kappa shape index (κ2) is 9.02. The standard InChI is InChI=1S/C18H23NO8/c1-17(2,3)27-16(25)19-11-7-10-18(14(21)22,15(23)24)26-13(20)12-8-5-4-6-9-12/h4-6,8-9H,7,10-11H2,1-3H3,(H,19,25)(H,21,22)(H,23,24). The number of benzene rings is 1. The third kappa shape index (κ3) is 6.61. The van der Waals surface area contributed by atoms with Gasteiger partial charge in [-0.25, -0.2) is 19.2 Å². The van der Waals surface area contributed by atoms with Crippen molar-refractivity contribution in [3.63, 3.8) is 0 Å². The van der Waals surface area contributed by atoms with Gasteiger partial charge in [0.05, 0.1) is 5.56 Å². The molecule has 0 unspecified atom stereocenters. The summed E-state index contributed by atoms with van der Waals surface area (Å²) in [7, 11) is 0. The fraction of sp³-hybridized carbons (Fsp3) is 0.444. The van der Waals surface area contributed by atoms with Crippen LogP contribution in [0.3, 0.4) is 0 Å². The summed E-state index contributed by atoms with van der Waals surface area (Å²) in [4.78, 5) is 46.8. The van der Waals surface area contributed by atoms with E-state index in [-0.39, 0.29) is 18.5 Å². The molecule has 1 rings (SSSR count). The Morgan fingerprint density at radius 2 is 1.52 bits per heavy atom. The Hall–Kier alpha value is -3.10. The normalized spacial score (nSPS) is 11.4. The zero-order valence-corrected chi connectivity index (χ0v) is 15.4. The molecule has 148 valence electrons. The highest BCUT2D eigenvalue weighted by molar-refractivity contribution is 6.05. The lowest BCUT2D eigenvalue weighted by molar-refractivity contribution is -0.177. The second-order valence-electron chi connectivity index (χ2n) is 6.73. The summed E-state index contributed by atoms with van der Waals surface area (Å²) in [5.74, 6) is -4.69. The van der Waals surface area contributed by atoms with Crippen molar-refractivity contribution in [2.45, 2.75) is 44.8 Å². The van der Waals surface area contributed by atoms with Crippen LogP contribution in [0.5, 0.6) is 0 Å². The van der Waals surface area contributed by atoms with Crippen molar-refractivity contribution in [2.24, 2.45) is 0 Å². The van der Waals surface area contributed by atoms with Crippen LogP contribution < -0.4 is 5.32 Å². The lowest BCUT2D eigenvalue weighted by atomic mass is 9.97. The van der Waals surface area contributed by atoms with Crippen molar-refractivity contribution in [1.29, 1.82) is 0 Å². The molecular weight excluding hydrogens is 358 g/mol. The van der Waals surface area contributed by atoms with E-state index in [1.54, 1.807) is 26.8 Å². The van der Waals surface area contributed by atoms with E-state index in [1.807, 2.05) is 0 Å². The number of carboxylic acids is 2. The first kappa shape index (κ1) is 21.9. The lowest BCUT2D eigenvalue weighted by Gasteiger charge is -2.25. The van der Waals surface area contributed by atoms with Crippen molar-refractivity contribution in [3.05, 3.63) is 35.9 Å². The minimum absolute atomic E-state index is 0.0243. The Labute approximate surface area is 156 Å². The molecule has 1 amide bonds. The van der Waals surface area contributed by atoms with Crippen LogP contribution in [-0.4, -0.2) is 52.0 Å². The summed E-state index contributed by atoms with van der Waals surface area (Å²) in [5, 5.41) is 21.1. The van der Waals surface area contributed by atoms with Crippen LogP contribution in [-0.2, 0) is 19.1 Å². The molecule has 0 heterocycles. The molecule has 0 aromatic heterocycles. The molecular formula is C18H23NO8. The molecule has 3 N–H and O–H groups in total. The fourth-order valence-corrected chi connectivity index (χ4v) is 2.08. The van der Waals surface area contributed by atoms with Crippen LogP contribution >= 0.6 is 0 Å². The largest absolute Gasteiger partial charge is 0.478 e. The third-order valence-electron chi connectivity index (χ3n) is 3.34. The number of hydrogen-bond acceptors (Lipinski definition) is 6. The van der Waals surface area contributed by atoms with E-state index in [0.717, 1.165) is 0 Å². The van der Waals surface area contributed by atoms with Crippen LogP contribution in [0.1, 0.15) is 44.0 Å². The van der Waals surface area contributed by atoms with E-state index in [2.05, 4.69) is 5.32 Å². The highest BCUT2D eigenvalue weighted by Gasteiger charge is 2.50. The molecule has 0 spiro atoms. The number of carboxylic acid groups (broad SMARTS) is 2. The Morgan fingerprint density at radius 1 is 0.963 bits per heavy atom. The number of alkyl carbamates (subject to hydrolysis) is 1. The van der Waals surface area contributed by atoms with E-state index >= 15 is 0 Å². The molecule has 0 atom stereocenters. The van der Waals surface area contributed by atoms with Crippen LogP contribution in [0, 0.1) is 0 Å². The van der Waals surface area contributed by atoms with Gasteiger partial charge in [0.2, 0.25) is 0 Å². The number of esters is 1. The van der Waals surface area contributed by atoms with E-state index in [9.17, 15) is 29.4 Å². The van der Waals surface area contributed by atoms with Crippen LogP contribution in [0.2, 0.25) is 0 Å². The average Bonchev–Trinajstić information content (AvgIpc) is 2.56. The summed E-state index contributed by atoms with van der Waals surface area (Å²) in [6.45, 7) is 4.97. The summed E-state index contributed by atoms with van der Waals surface area (Å²) in [6, 6.07) is 7.46. The van der Waals surface area contributed by atoms with Crippen molar-refractivity contribution in [1.82, 2.24) is 5.32 Å². The van der Waals surface area contributed by atoms with Crippen molar-refractivity contribution in [3.8, 4) is 0 Å². The second-order valence-corrected chi connectivity index (χ2v) is 6.73. The topological polar surface area (TPSA) is 139 Å². The first-order valence-electron chi connectivity index (χ1n) is 8.20. The molecule has 0 aliphatic heterocycles. The van der Waals surface area contributed by atoms with Gasteiger partial charge in [0, 0.05) is 13.0 Å². The van der Waals surface area contributed by atoms with E-state index < -0.39 is 41.6 Å². The predicted octanol–water partition coefficient (Wildman–Crippen LogP) is 2.06. The Bertz CT molecular complexity index is 679. The zero-order valence-electron chi connectivity index (χ0n) is 15.4. The van der Waals surface area contributed by atoms with Gasteiger partial charge in [-0.15, -0.1) is 0 Å². The molecule has 0 bridgehead atoms. The summed E-state index contributed by atoms with van der Waals surface area (Å²) in [6.07, 6.45) is -1.33. The molecule has 0 saturated carbocycles. The van der Waals surface area contributed by atoms with Gasteiger partial charge in [-0.3, -0.25) is 0 Å². The number of aliphatic carboxylic acids is 2. The number of amides is 1. The highest BCUT2D eigenvalue weighted by atomic mass is 16.6. The predicted molar refractivity (Wildman–Crippen MR) is 93.3 cm³/mol. The first-order chi connectivity index (χ1) is 12.5. The monoisotopic (exact) mass is 381 g/mol. The van der Waals surface area contributed by atoms with E-state index in [1.165, 1.54) is 24.3 Å². The van der Waals surface area contributed by atoms with Crippen molar-refractivity contribution >= 4 is 24.0 Å². The van der Waals surface area contributed by atoms with E-state index in [0.29, 0.717) is 0 Å². The van der Waals surface area contributed by atoms with Gasteiger partial charge in [-0.05, 0) is 39.3 Å². The van der Waals surface area contributed by atoms with Gasteiger partial charge in [0.25, 0.3) is 0 Å². The van der Waals surface area contributed by atoms with Gasteiger partial charge in [0.15, 0.2) is 0 Å². The Kier molecular flexibility index (Phi) is 7.33. The molecule has 0 fully saturated rings. The molecule has 0 aliphatic rings. The van der Waals surface area contributed by atoms with E-state index in [4.69, 9.17) is 9.47 Å². The number of rotatable bonds is 8. The number of carbonyl (C=O) groups is 4. The minimum atomic E-state index is -2.76. The first-order valence-corrected chi connectivity index (χ1v) is 8.20. The maximum atomic E-state index is 12.1. The molecule has 27 heavy (non-hydrogen) atoms. The Morgan fingerprint density at radius 3 is 2.00 bits per heavy atom. The van der Waals surface area contributed by atoms with Crippen molar-refractivity contribution < 1.29 is 38.9 Å². The summed E-state index contributed by atoms with van der Waals surface area (Å²) >= 11 is 0. The third-order valence-corrected chi connectivity index (χ3v) is 3.34. The van der Waals surface area contributed by atoms with Crippen molar-refractivity contribution in [2.75, 3.05) is 6.54 Å². The summed E-state index contributed by atoms with van der Waals surface area (Å²) < 4.78 is 9.87. The number of hydrogen-bond donors (Lipinski definition) is 3. The fourth-order valence-electron chi connectivity index (χ4n) is 2.08. The lowest BCUT2D eigenvalue weighted by Crippen LogP contribution is -2.51. The number of nitrogens with one attached hydrogen (secondary N) is 1. The van der Waals surface area contributed by atoms with Crippen LogP contribution in [0.4, 0.5) is 4.79 Å². The molecule has 9 heteroatoms. The molecule has 0 aliphatic carbocycles. The highest BCUT2D eigenvalue weighted by Crippen LogP contribution is 2.22. The molecule has 1 aromatic rings. The van der Waals surface area contributed by atoms with Gasteiger partial charge in [0.1, 0.15) is 5.60 Å². The zero-order chi connectivity index (χ0) is 20.7. The number of carbonyl (C=O) groups excluding carboxylic acids is 2. The molecule has 0 saturated heterocycles. The van der Waals surface area contributed by atoms with Crippen LogP contribution in [0.15, 0.2) is 30.3 Å². The smallest absolute Gasteiger partial charge is 0.407 e. The van der Waals surface area contributed by atoms with Crippen LogP contribution in [0.25, 0.3) is 0 Å². The SMILES string of the molecule is CC(C)(C)OC(=O)NCCCC(OC(=O)c1ccccc1)(C(=O)O)C(=O)O. The van der Waals surface area contributed by atoms with Gasteiger partial charge in [-0.1, -0.05) is 18.2 Å².